The Labute approximate surface area is 100 Å². The first-order valence-electron chi connectivity index (χ1n) is 6.20. The minimum Gasteiger partial charge on any atom is -0.260 e. The Kier molecular flexibility index (Phi) is 3.77. The van der Waals surface area contributed by atoms with Crippen LogP contribution in [0.3, 0.4) is 0 Å². The molecule has 0 amide bonds. The van der Waals surface area contributed by atoms with Crippen molar-refractivity contribution < 1.29 is 0 Å². The van der Waals surface area contributed by atoms with E-state index >= 15 is 0 Å². The molecule has 1 unspecified atom stereocenters. The van der Waals surface area contributed by atoms with Gasteiger partial charge in [-0.1, -0.05) is 41.5 Å². The van der Waals surface area contributed by atoms with Crippen molar-refractivity contribution in [2.24, 2.45) is 5.92 Å². The molecule has 0 aliphatic rings. The van der Waals surface area contributed by atoms with Gasteiger partial charge in [-0.15, -0.1) is 0 Å². The molecule has 1 heterocycles. The first-order valence-corrected chi connectivity index (χ1v) is 6.20. The van der Waals surface area contributed by atoms with Crippen LogP contribution in [0.4, 0.5) is 0 Å². The van der Waals surface area contributed by atoms with Crippen LogP contribution in [0.5, 0.6) is 0 Å². The average Bonchev–Trinajstić information content (AvgIpc) is 2.15. The number of hydrogen-bond donors (Lipinski definition) is 0. The highest BCUT2D eigenvalue weighted by atomic mass is 14.7. The maximum atomic E-state index is 4.61. The minimum atomic E-state index is 0.143. The monoisotopic (exact) mass is 219 g/mol. The number of aryl methyl sites for hydroxylation is 1. The Morgan fingerprint density at radius 2 is 1.69 bits per heavy atom. The van der Waals surface area contributed by atoms with Crippen LogP contribution in [-0.4, -0.2) is 4.98 Å². The van der Waals surface area contributed by atoms with Crippen LogP contribution in [0.25, 0.3) is 0 Å². The van der Waals surface area contributed by atoms with Crippen molar-refractivity contribution in [1.29, 1.82) is 0 Å². The molecule has 0 aliphatic carbocycles. The van der Waals surface area contributed by atoms with E-state index in [1.807, 2.05) is 0 Å². The zero-order chi connectivity index (χ0) is 12.5. The molecule has 0 spiro atoms. The van der Waals surface area contributed by atoms with Crippen LogP contribution in [0.2, 0.25) is 0 Å². The molecule has 1 rings (SSSR count). The van der Waals surface area contributed by atoms with Crippen LogP contribution in [-0.2, 0) is 5.41 Å². The van der Waals surface area contributed by atoms with Gasteiger partial charge in [-0.3, -0.25) is 4.98 Å². The summed E-state index contributed by atoms with van der Waals surface area (Å²) in [6.45, 7) is 15.6. The van der Waals surface area contributed by atoms with Crippen molar-refractivity contribution in [2.45, 2.75) is 59.8 Å². The Morgan fingerprint density at radius 1 is 1.12 bits per heavy atom. The second kappa shape index (κ2) is 4.57. The van der Waals surface area contributed by atoms with E-state index in [0.717, 1.165) is 0 Å². The molecule has 0 bridgehead atoms. The smallest absolute Gasteiger partial charge is 0.0459 e. The van der Waals surface area contributed by atoms with Crippen molar-refractivity contribution in [2.75, 3.05) is 0 Å². The maximum Gasteiger partial charge on any atom is 0.0459 e. The molecule has 0 fully saturated rings. The van der Waals surface area contributed by atoms with Gasteiger partial charge in [0.25, 0.3) is 0 Å². The standard InChI is InChI=1S/C15H25N/c1-10(2)12(4)13-9-16-14(8-11(13)3)15(5,6)7/h8-10,12H,1-7H3. The molecule has 1 aromatic heterocycles. The lowest BCUT2D eigenvalue weighted by atomic mass is 9.86. The van der Waals surface area contributed by atoms with E-state index in [1.54, 1.807) is 0 Å². The summed E-state index contributed by atoms with van der Waals surface area (Å²) in [6, 6.07) is 2.24. The van der Waals surface area contributed by atoms with Crippen molar-refractivity contribution in [3.8, 4) is 0 Å². The fraction of sp³-hybridized carbons (Fsp3) is 0.667. The average molecular weight is 219 g/mol. The Balaban J connectivity index is 3.10. The van der Waals surface area contributed by atoms with Gasteiger partial charge in [-0.25, -0.2) is 0 Å². The third-order valence-corrected chi connectivity index (χ3v) is 3.41. The number of rotatable bonds is 2. The highest BCUT2D eigenvalue weighted by molar-refractivity contribution is 5.30. The van der Waals surface area contributed by atoms with Gasteiger partial charge in [0.1, 0.15) is 0 Å². The van der Waals surface area contributed by atoms with Crippen molar-refractivity contribution >= 4 is 0 Å². The summed E-state index contributed by atoms with van der Waals surface area (Å²) in [6.07, 6.45) is 2.07. The molecule has 1 nitrogen and oxygen atoms in total. The fourth-order valence-electron chi connectivity index (χ4n) is 1.81. The molecule has 0 saturated carbocycles. The van der Waals surface area contributed by atoms with E-state index in [1.165, 1.54) is 16.8 Å². The first kappa shape index (κ1) is 13.2. The lowest BCUT2D eigenvalue weighted by Crippen LogP contribution is -2.15. The zero-order valence-corrected chi connectivity index (χ0v) is 11.8. The van der Waals surface area contributed by atoms with E-state index in [9.17, 15) is 0 Å². The fourth-order valence-corrected chi connectivity index (χ4v) is 1.81. The lowest BCUT2D eigenvalue weighted by molar-refractivity contribution is 0.526. The van der Waals surface area contributed by atoms with Gasteiger partial charge in [0.15, 0.2) is 0 Å². The SMILES string of the molecule is Cc1cc(C(C)(C)C)ncc1C(C)C(C)C. The molecule has 0 radical (unpaired) electrons. The maximum absolute atomic E-state index is 4.61. The third kappa shape index (κ3) is 2.84. The highest BCUT2D eigenvalue weighted by Gasteiger charge is 2.18. The molecule has 0 saturated heterocycles. The van der Waals surface area contributed by atoms with E-state index in [-0.39, 0.29) is 5.41 Å². The summed E-state index contributed by atoms with van der Waals surface area (Å²) in [5.41, 5.74) is 4.10. The molecule has 0 aliphatic heterocycles. The van der Waals surface area contributed by atoms with E-state index in [4.69, 9.17) is 0 Å². The second-order valence-electron chi connectivity index (χ2n) is 6.21. The molecule has 90 valence electrons. The molecule has 1 atom stereocenters. The molecule has 16 heavy (non-hydrogen) atoms. The van der Waals surface area contributed by atoms with Gasteiger partial charge in [0, 0.05) is 17.3 Å². The number of pyridine rings is 1. The van der Waals surface area contributed by atoms with Crippen LogP contribution < -0.4 is 0 Å². The predicted octanol–water partition coefficient (Wildman–Crippen LogP) is 4.45. The second-order valence-corrected chi connectivity index (χ2v) is 6.21. The number of hydrogen-bond acceptors (Lipinski definition) is 1. The minimum absolute atomic E-state index is 0.143. The quantitative estimate of drug-likeness (QED) is 0.716. The Bertz CT molecular complexity index is 358. The predicted molar refractivity (Wildman–Crippen MR) is 70.9 cm³/mol. The summed E-state index contributed by atoms with van der Waals surface area (Å²) in [5, 5.41) is 0. The van der Waals surface area contributed by atoms with Crippen molar-refractivity contribution in [1.82, 2.24) is 4.98 Å². The summed E-state index contributed by atoms with van der Waals surface area (Å²) >= 11 is 0. The molecule has 0 N–H and O–H groups in total. The molecule has 1 heteroatoms. The molecular weight excluding hydrogens is 194 g/mol. The lowest BCUT2D eigenvalue weighted by Gasteiger charge is -2.22. The van der Waals surface area contributed by atoms with Gasteiger partial charge in [-0.05, 0) is 36.0 Å². The van der Waals surface area contributed by atoms with Crippen LogP contribution in [0.15, 0.2) is 12.3 Å². The van der Waals surface area contributed by atoms with Crippen LogP contribution in [0.1, 0.15) is 64.3 Å². The van der Waals surface area contributed by atoms with E-state index in [2.05, 4.69) is 65.7 Å². The Morgan fingerprint density at radius 3 is 2.06 bits per heavy atom. The normalized spacial score (nSPS) is 14.2. The van der Waals surface area contributed by atoms with Gasteiger partial charge in [0.2, 0.25) is 0 Å². The summed E-state index contributed by atoms with van der Waals surface area (Å²) < 4.78 is 0. The van der Waals surface area contributed by atoms with Gasteiger partial charge < -0.3 is 0 Å². The van der Waals surface area contributed by atoms with Crippen LogP contribution >= 0.6 is 0 Å². The van der Waals surface area contributed by atoms with Gasteiger partial charge in [-0.2, -0.15) is 0 Å². The summed E-state index contributed by atoms with van der Waals surface area (Å²) in [5.74, 6) is 1.25. The molecular formula is C15H25N. The first-order chi connectivity index (χ1) is 7.23. The zero-order valence-electron chi connectivity index (χ0n) is 11.8. The Hall–Kier alpha value is -0.850. The van der Waals surface area contributed by atoms with Gasteiger partial charge >= 0.3 is 0 Å². The number of nitrogens with zero attached hydrogens (tertiary/aromatic N) is 1. The largest absolute Gasteiger partial charge is 0.260 e. The third-order valence-electron chi connectivity index (χ3n) is 3.41. The highest BCUT2D eigenvalue weighted by Crippen LogP contribution is 2.28. The van der Waals surface area contributed by atoms with Gasteiger partial charge in [0.05, 0.1) is 0 Å². The number of aromatic nitrogens is 1. The van der Waals surface area contributed by atoms with Crippen molar-refractivity contribution in [3.05, 3.63) is 29.1 Å². The molecule has 1 aromatic rings. The van der Waals surface area contributed by atoms with E-state index in [0.29, 0.717) is 11.8 Å². The topological polar surface area (TPSA) is 12.9 Å². The summed E-state index contributed by atoms with van der Waals surface area (Å²) in [7, 11) is 0. The van der Waals surface area contributed by atoms with Crippen molar-refractivity contribution in [3.63, 3.8) is 0 Å². The van der Waals surface area contributed by atoms with Crippen LogP contribution in [0, 0.1) is 12.8 Å². The molecule has 0 aromatic carbocycles. The summed E-state index contributed by atoms with van der Waals surface area (Å²) in [4.78, 5) is 4.61. The van der Waals surface area contributed by atoms with E-state index < -0.39 is 0 Å².